The summed E-state index contributed by atoms with van der Waals surface area (Å²) < 4.78 is 6.17. The largest absolute Gasteiger partial charge is 0.456 e. The summed E-state index contributed by atoms with van der Waals surface area (Å²) in [4.78, 5) is 0. The van der Waals surface area contributed by atoms with Gasteiger partial charge in [0.2, 0.25) is 0 Å². The van der Waals surface area contributed by atoms with E-state index in [9.17, 15) is 0 Å². The van der Waals surface area contributed by atoms with Crippen LogP contribution in [0.3, 0.4) is 0 Å². The first-order valence-electron chi connectivity index (χ1n) is 10.6. The molecule has 0 aliphatic rings. The normalized spacial score (nSPS) is 11.3. The summed E-state index contributed by atoms with van der Waals surface area (Å²) in [5.74, 6) is 0. The van der Waals surface area contributed by atoms with Crippen LogP contribution in [0, 0.1) is 0 Å². The molecule has 0 radical (unpaired) electrons. The van der Waals surface area contributed by atoms with E-state index in [1.54, 1.807) is 0 Å². The molecule has 0 spiro atoms. The van der Waals surface area contributed by atoms with E-state index in [2.05, 4.69) is 78.9 Å². The van der Waals surface area contributed by atoms with Crippen molar-refractivity contribution in [2.24, 2.45) is 0 Å². The molecule has 5 aromatic carbocycles. The molecule has 1 heterocycles. The van der Waals surface area contributed by atoms with Crippen LogP contribution < -0.4 is 0 Å². The van der Waals surface area contributed by atoms with Gasteiger partial charge >= 0.3 is 0 Å². The first kappa shape index (κ1) is 18.9. The Morgan fingerprint density at radius 1 is 0.438 bits per heavy atom. The number of hydrogen-bond acceptors (Lipinski definition) is 1. The Morgan fingerprint density at radius 3 is 1.84 bits per heavy atom. The Balaban J connectivity index is 1.71. The summed E-state index contributed by atoms with van der Waals surface area (Å²) in [5.41, 5.74) is 8.65. The third-order valence-electron chi connectivity index (χ3n) is 5.97. The number of rotatable bonds is 3. The number of benzene rings is 5. The zero-order valence-corrected chi connectivity index (χ0v) is 18.0. The van der Waals surface area contributed by atoms with Crippen molar-refractivity contribution in [1.29, 1.82) is 0 Å². The van der Waals surface area contributed by atoms with Gasteiger partial charge in [-0.15, -0.1) is 0 Å². The third-order valence-corrected chi connectivity index (χ3v) is 6.29. The van der Waals surface area contributed by atoms with Crippen LogP contribution in [0.15, 0.2) is 120 Å². The van der Waals surface area contributed by atoms with Crippen molar-refractivity contribution < 1.29 is 4.42 Å². The lowest BCUT2D eigenvalue weighted by Crippen LogP contribution is -1.88. The Bertz CT molecular complexity index is 1560. The quantitative estimate of drug-likeness (QED) is 0.272. The molecule has 32 heavy (non-hydrogen) atoms. The van der Waals surface area contributed by atoms with Crippen molar-refractivity contribution >= 4 is 33.5 Å². The van der Waals surface area contributed by atoms with Crippen LogP contribution in [0.2, 0.25) is 5.02 Å². The number of halogens is 1. The molecule has 1 aromatic heterocycles. The topological polar surface area (TPSA) is 13.1 Å². The molecule has 2 heteroatoms. The fourth-order valence-electron chi connectivity index (χ4n) is 4.50. The SMILES string of the molecule is Clc1cccc2oc3cccc(-c4cc(-c5ccccc5)ccc4-c4ccccc4)c3c12. The van der Waals surface area contributed by atoms with Crippen LogP contribution in [0.1, 0.15) is 0 Å². The molecule has 0 atom stereocenters. The minimum atomic E-state index is 0.703. The van der Waals surface area contributed by atoms with Crippen molar-refractivity contribution in [3.05, 3.63) is 120 Å². The van der Waals surface area contributed by atoms with Gasteiger partial charge in [0, 0.05) is 10.8 Å². The number of hydrogen-bond donors (Lipinski definition) is 0. The lowest BCUT2D eigenvalue weighted by molar-refractivity contribution is 0.669. The van der Waals surface area contributed by atoms with Gasteiger partial charge in [-0.25, -0.2) is 0 Å². The maximum Gasteiger partial charge on any atom is 0.136 e. The zero-order chi connectivity index (χ0) is 21.5. The molecule has 0 bridgehead atoms. The fourth-order valence-corrected chi connectivity index (χ4v) is 4.76. The molecule has 0 aliphatic heterocycles. The van der Waals surface area contributed by atoms with Gasteiger partial charge in [-0.3, -0.25) is 0 Å². The van der Waals surface area contributed by atoms with Crippen molar-refractivity contribution in [1.82, 2.24) is 0 Å². The van der Waals surface area contributed by atoms with E-state index in [4.69, 9.17) is 16.0 Å². The van der Waals surface area contributed by atoms with Gasteiger partial charge in [0.25, 0.3) is 0 Å². The van der Waals surface area contributed by atoms with Crippen LogP contribution >= 0.6 is 11.6 Å². The second kappa shape index (κ2) is 7.71. The van der Waals surface area contributed by atoms with Gasteiger partial charge in [-0.2, -0.15) is 0 Å². The molecule has 0 fully saturated rings. The van der Waals surface area contributed by atoms with Gasteiger partial charge in [0.1, 0.15) is 11.2 Å². The van der Waals surface area contributed by atoms with E-state index in [0.29, 0.717) is 5.02 Å². The standard InChI is InChI=1S/C30H19ClO/c31-26-14-8-16-28-30(26)29-24(13-7-15-27(29)32-28)25-19-22(20-9-3-1-4-10-20)17-18-23(25)21-11-5-2-6-12-21/h1-19H. The fraction of sp³-hybridized carbons (Fsp3) is 0. The highest BCUT2D eigenvalue weighted by Gasteiger charge is 2.18. The first-order chi connectivity index (χ1) is 15.8. The summed E-state index contributed by atoms with van der Waals surface area (Å²) in [7, 11) is 0. The molecular weight excluding hydrogens is 412 g/mol. The first-order valence-corrected chi connectivity index (χ1v) is 11.0. The molecule has 152 valence electrons. The van der Waals surface area contributed by atoms with Gasteiger partial charge in [-0.05, 0) is 57.6 Å². The van der Waals surface area contributed by atoms with E-state index in [1.165, 1.54) is 22.3 Å². The summed E-state index contributed by atoms with van der Waals surface area (Å²) in [6.45, 7) is 0. The van der Waals surface area contributed by atoms with Gasteiger partial charge in [0.15, 0.2) is 0 Å². The van der Waals surface area contributed by atoms with Crippen molar-refractivity contribution in [2.45, 2.75) is 0 Å². The Hall–Kier alpha value is -3.81. The highest BCUT2D eigenvalue weighted by molar-refractivity contribution is 6.38. The van der Waals surface area contributed by atoms with Gasteiger partial charge in [0.05, 0.1) is 5.02 Å². The molecule has 0 saturated carbocycles. The molecule has 6 aromatic rings. The van der Waals surface area contributed by atoms with Crippen LogP contribution in [0.4, 0.5) is 0 Å². The Labute approximate surface area is 191 Å². The molecule has 0 amide bonds. The maximum atomic E-state index is 6.66. The minimum absolute atomic E-state index is 0.703. The summed E-state index contributed by atoms with van der Waals surface area (Å²) >= 11 is 6.66. The predicted octanol–water partition coefficient (Wildman–Crippen LogP) is 9.24. The monoisotopic (exact) mass is 430 g/mol. The van der Waals surface area contributed by atoms with Gasteiger partial charge in [-0.1, -0.05) is 103 Å². The van der Waals surface area contributed by atoms with Gasteiger partial charge < -0.3 is 4.42 Å². The van der Waals surface area contributed by atoms with E-state index >= 15 is 0 Å². The molecule has 0 saturated heterocycles. The predicted molar refractivity (Wildman–Crippen MR) is 135 cm³/mol. The third kappa shape index (κ3) is 3.10. The van der Waals surface area contributed by atoms with E-state index in [-0.39, 0.29) is 0 Å². The van der Waals surface area contributed by atoms with Crippen molar-refractivity contribution in [2.75, 3.05) is 0 Å². The van der Waals surface area contributed by atoms with E-state index < -0.39 is 0 Å². The molecule has 1 nitrogen and oxygen atoms in total. The second-order valence-corrected chi connectivity index (χ2v) is 8.29. The lowest BCUT2D eigenvalue weighted by Gasteiger charge is -2.14. The van der Waals surface area contributed by atoms with Crippen molar-refractivity contribution in [3.8, 4) is 33.4 Å². The summed E-state index contributed by atoms with van der Waals surface area (Å²) in [6, 6.07) is 39.7. The Morgan fingerprint density at radius 2 is 1.09 bits per heavy atom. The van der Waals surface area contributed by atoms with Crippen LogP contribution in [-0.2, 0) is 0 Å². The van der Waals surface area contributed by atoms with E-state index in [1.807, 2.05) is 36.4 Å². The molecular formula is C30H19ClO. The average Bonchev–Trinajstić information content (AvgIpc) is 3.25. The summed E-state index contributed by atoms with van der Waals surface area (Å²) in [6.07, 6.45) is 0. The van der Waals surface area contributed by atoms with Crippen LogP contribution in [-0.4, -0.2) is 0 Å². The molecule has 0 aliphatic carbocycles. The smallest absolute Gasteiger partial charge is 0.136 e. The maximum absolute atomic E-state index is 6.66. The molecule has 0 unspecified atom stereocenters. The van der Waals surface area contributed by atoms with Crippen molar-refractivity contribution in [3.63, 3.8) is 0 Å². The zero-order valence-electron chi connectivity index (χ0n) is 17.3. The summed E-state index contributed by atoms with van der Waals surface area (Å²) in [5, 5.41) is 2.72. The van der Waals surface area contributed by atoms with Crippen LogP contribution in [0.25, 0.3) is 55.3 Å². The molecule has 0 N–H and O–H groups in total. The number of fused-ring (bicyclic) bond motifs is 3. The highest BCUT2D eigenvalue weighted by atomic mass is 35.5. The van der Waals surface area contributed by atoms with Crippen LogP contribution in [0.5, 0.6) is 0 Å². The highest BCUT2D eigenvalue weighted by Crippen LogP contribution is 2.43. The van der Waals surface area contributed by atoms with E-state index in [0.717, 1.165) is 33.1 Å². The number of furan rings is 1. The lowest BCUT2D eigenvalue weighted by atomic mass is 9.89. The Kier molecular flexibility index (Phi) is 4.56. The molecule has 6 rings (SSSR count). The average molecular weight is 431 g/mol. The minimum Gasteiger partial charge on any atom is -0.456 e. The second-order valence-electron chi connectivity index (χ2n) is 7.89.